The van der Waals surface area contributed by atoms with Gasteiger partial charge in [0.25, 0.3) is 0 Å². The van der Waals surface area contributed by atoms with Crippen LogP contribution < -0.4 is 4.74 Å². The van der Waals surface area contributed by atoms with Crippen LogP contribution in [0.1, 0.15) is 12.8 Å². The maximum absolute atomic E-state index is 13.2. The second kappa shape index (κ2) is 9.33. The van der Waals surface area contributed by atoms with Crippen LogP contribution in [0, 0.1) is 0 Å². The van der Waals surface area contributed by atoms with Gasteiger partial charge in [0.2, 0.25) is 0 Å². The predicted molar refractivity (Wildman–Crippen MR) is 83.1 cm³/mol. The van der Waals surface area contributed by atoms with Crippen molar-refractivity contribution in [3.63, 3.8) is 0 Å². The molecule has 0 saturated heterocycles. The minimum atomic E-state index is -6.50. The van der Waals surface area contributed by atoms with E-state index in [-0.39, 0.29) is 15.8 Å². The van der Waals surface area contributed by atoms with Crippen molar-refractivity contribution < 1.29 is 54.2 Å². The van der Waals surface area contributed by atoms with Crippen LogP contribution in [0.3, 0.4) is 0 Å². The Kier molecular flexibility index (Phi) is 8.11. The molecule has 0 fully saturated rings. The summed E-state index contributed by atoms with van der Waals surface area (Å²) >= 11 is 11.3. The third kappa shape index (κ3) is 6.08. The zero-order chi connectivity index (χ0) is 22.6. The molecule has 0 radical (unpaired) electrons. The first-order valence-electron chi connectivity index (χ1n) is 7.34. The van der Waals surface area contributed by atoms with Crippen molar-refractivity contribution >= 4 is 35.1 Å². The topological polar surface area (TPSA) is 52.6 Å². The zero-order valence-corrected chi connectivity index (χ0v) is 15.4. The number of benzene rings is 1. The number of carbonyl (C=O) groups is 2. The molecule has 0 saturated carbocycles. The van der Waals surface area contributed by atoms with Crippen molar-refractivity contribution in [3.8, 4) is 5.75 Å². The molecule has 1 rings (SSSR count). The first-order valence-corrected chi connectivity index (χ1v) is 8.10. The highest BCUT2D eigenvalue weighted by Gasteiger charge is 2.75. The Morgan fingerprint density at radius 1 is 0.966 bits per heavy atom. The first-order chi connectivity index (χ1) is 13.1. The molecule has 0 aliphatic heterocycles. The Labute approximate surface area is 167 Å². The van der Waals surface area contributed by atoms with Gasteiger partial charge in [-0.05, 0) is 18.2 Å². The van der Waals surface area contributed by atoms with Crippen molar-refractivity contribution in [2.24, 2.45) is 0 Å². The number of esters is 2. The highest BCUT2D eigenvalue weighted by molar-refractivity contribution is 6.35. The Hall–Kier alpha value is -1.82. The summed E-state index contributed by atoms with van der Waals surface area (Å²) in [4.78, 5) is 22.8. The summed E-state index contributed by atoms with van der Waals surface area (Å²) in [7, 11) is 0. The van der Waals surface area contributed by atoms with E-state index in [2.05, 4.69) is 4.74 Å². The van der Waals surface area contributed by atoms with Crippen molar-refractivity contribution in [2.45, 2.75) is 37.0 Å². The van der Waals surface area contributed by atoms with Gasteiger partial charge in [0, 0.05) is 5.02 Å². The summed E-state index contributed by atoms with van der Waals surface area (Å²) < 4.78 is 110. The summed E-state index contributed by atoms with van der Waals surface area (Å²) in [6.45, 7) is -2.61. The molecule has 1 aromatic rings. The Morgan fingerprint density at radius 2 is 1.52 bits per heavy atom. The van der Waals surface area contributed by atoms with Crippen LogP contribution in [-0.4, -0.2) is 42.7 Å². The molecule has 29 heavy (non-hydrogen) atoms. The average molecular weight is 477 g/mol. The van der Waals surface area contributed by atoms with Crippen LogP contribution in [0.15, 0.2) is 18.2 Å². The molecule has 164 valence electrons. The Bertz CT molecular complexity index is 758. The van der Waals surface area contributed by atoms with E-state index in [1.807, 2.05) is 0 Å². The lowest BCUT2D eigenvalue weighted by Crippen LogP contribution is -2.59. The summed E-state index contributed by atoms with van der Waals surface area (Å²) in [6, 6.07) is 3.73. The molecule has 0 unspecified atom stereocenters. The number of hydrogen-bond donors (Lipinski definition) is 0. The van der Waals surface area contributed by atoms with Gasteiger partial charge in [0.1, 0.15) is 5.75 Å². The van der Waals surface area contributed by atoms with Crippen LogP contribution in [0.2, 0.25) is 10.0 Å². The van der Waals surface area contributed by atoms with Crippen molar-refractivity contribution in [1.82, 2.24) is 0 Å². The predicted octanol–water partition coefficient (Wildman–Crippen LogP) is 5.39. The van der Waals surface area contributed by atoms with E-state index in [4.69, 9.17) is 27.9 Å². The smallest absolute Gasteiger partial charge is 0.381 e. The Balaban J connectivity index is 2.59. The monoisotopic (exact) mass is 476 g/mol. The minimum absolute atomic E-state index is 0.0738. The third-order valence-corrected chi connectivity index (χ3v) is 3.75. The van der Waals surface area contributed by atoms with Crippen molar-refractivity contribution in [3.05, 3.63) is 28.2 Å². The number of halogens is 10. The van der Waals surface area contributed by atoms with Crippen LogP contribution in [0.5, 0.6) is 5.75 Å². The summed E-state index contributed by atoms with van der Waals surface area (Å²) in [5.41, 5.74) is 0. The lowest BCUT2D eigenvalue weighted by Gasteiger charge is -2.31. The van der Waals surface area contributed by atoms with Gasteiger partial charge in [0.05, 0.1) is 17.9 Å². The highest BCUT2D eigenvalue weighted by Crippen LogP contribution is 2.48. The van der Waals surface area contributed by atoms with E-state index in [0.29, 0.717) is 0 Å². The molecule has 0 heterocycles. The van der Waals surface area contributed by atoms with Gasteiger partial charge in [0.15, 0.2) is 6.61 Å². The van der Waals surface area contributed by atoms with E-state index in [1.165, 1.54) is 18.2 Å². The minimum Gasteiger partial charge on any atom is -0.459 e. The molecular formula is C15H10Cl2F8O4. The van der Waals surface area contributed by atoms with E-state index < -0.39 is 55.6 Å². The second-order valence-electron chi connectivity index (χ2n) is 5.41. The van der Waals surface area contributed by atoms with Gasteiger partial charge in [-0.3, -0.25) is 9.59 Å². The molecule has 14 heteroatoms. The number of rotatable bonds is 9. The van der Waals surface area contributed by atoms with Crippen LogP contribution in [-0.2, 0) is 14.3 Å². The highest BCUT2D eigenvalue weighted by atomic mass is 35.5. The van der Waals surface area contributed by atoms with E-state index in [0.717, 1.165) is 0 Å². The van der Waals surface area contributed by atoms with E-state index in [1.54, 1.807) is 0 Å². The lowest BCUT2D eigenvalue weighted by molar-refractivity contribution is -0.344. The number of alkyl halides is 8. The molecule has 0 bridgehead atoms. The number of ether oxygens (including phenoxy) is 2. The van der Waals surface area contributed by atoms with Gasteiger partial charge in [-0.1, -0.05) is 23.2 Å². The summed E-state index contributed by atoms with van der Waals surface area (Å²) in [5.74, 6) is -21.6. The maximum Gasteiger partial charge on any atom is 0.381 e. The van der Waals surface area contributed by atoms with Crippen LogP contribution in [0.25, 0.3) is 0 Å². The van der Waals surface area contributed by atoms with Gasteiger partial charge >= 0.3 is 36.1 Å². The standard InChI is InChI=1S/C15H10Cl2F8O4/c16-7-1-2-9(8(17)5-7)29-11(27)4-3-10(26)28-6-13(20,21)15(24,25)14(22,23)12(18)19/h1-2,5,12H,3-4,6H2. The summed E-state index contributed by atoms with van der Waals surface area (Å²) in [6.07, 6.45) is -6.84. The largest absolute Gasteiger partial charge is 0.459 e. The molecule has 0 N–H and O–H groups in total. The second-order valence-corrected chi connectivity index (χ2v) is 6.26. The van der Waals surface area contributed by atoms with Gasteiger partial charge < -0.3 is 9.47 Å². The molecule has 4 nitrogen and oxygen atoms in total. The molecule has 0 aliphatic rings. The normalized spacial score (nSPS) is 12.8. The average Bonchev–Trinajstić information content (AvgIpc) is 2.60. The SMILES string of the molecule is O=C(CCC(=O)Oc1ccc(Cl)cc1Cl)OCC(F)(F)C(F)(F)C(F)(F)C(F)F. The molecule has 0 atom stereocenters. The lowest BCUT2D eigenvalue weighted by atomic mass is 10.1. The maximum atomic E-state index is 13.2. The quantitative estimate of drug-likeness (QED) is 0.272. The fraction of sp³-hybridized carbons (Fsp3) is 0.467. The number of hydrogen-bond acceptors (Lipinski definition) is 4. The molecule has 0 spiro atoms. The van der Waals surface area contributed by atoms with Gasteiger partial charge in [-0.2, -0.15) is 26.3 Å². The first kappa shape index (κ1) is 25.2. The van der Waals surface area contributed by atoms with E-state index in [9.17, 15) is 44.7 Å². The molecule has 0 aliphatic carbocycles. The molecule has 0 aromatic heterocycles. The van der Waals surface area contributed by atoms with Crippen LogP contribution >= 0.6 is 23.2 Å². The number of carbonyl (C=O) groups excluding carboxylic acids is 2. The molecular weight excluding hydrogens is 467 g/mol. The molecule has 0 amide bonds. The van der Waals surface area contributed by atoms with Crippen LogP contribution in [0.4, 0.5) is 35.1 Å². The van der Waals surface area contributed by atoms with Gasteiger partial charge in [-0.15, -0.1) is 0 Å². The van der Waals surface area contributed by atoms with Crippen molar-refractivity contribution in [2.75, 3.05) is 6.61 Å². The molecule has 1 aromatic carbocycles. The third-order valence-electron chi connectivity index (χ3n) is 3.22. The van der Waals surface area contributed by atoms with E-state index >= 15 is 0 Å². The van der Waals surface area contributed by atoms with Gasteiger partial charge in [-0.25, -0.2) is 8.78 Å². The Morgan fingerprint density at radius 3 is 2.03 bits per heavy atom. The fourth-order valence-electron chi connectivity index (χ4n) is 1.65. The van der Waals surface area contributed by atoms with Crippen molar-refractivity contribution in [1.29, 1.82) is 0 Å². The summed E-state index contributed by atoms with van der Waals surface area (Å²) in [5, 5.41) is 0.142. The fourth-order valence-corrected chi connectivity index (χ4v) is 2.10. The zero-order valence-electron chi connectivity index (χ0n) is 13.8.